The lowest BCUT2D eigenvalue weighted by molar-refractivity contribution is -0.114. The summed E-state index contributed by atoms with van der Waals surface area (Å²) in [4.78, 5) is 9.59. The van der Waals surface area contributed by atoms with Crippen LogP contribution in [0.5, 0.6) is 0 Å². The van der Waals surface area contributed by atoms with E-state index in [0.717, 1.165) is 25.1 Å². The van der Waals surface area contributed by atoms with Gasteiger partial charge in [0.15, 0.2) is 0 Å². The van der Waals surface area contributed by atoms with Gasteiger partial charge in [0.05, 0.1) is 20.4 Å². The normalized spacial score (nSPS) is 12.9. The highest BCUT2D eigenvalue weighted by Gasteiger charge is 2.25. The first-order valence-corrected chi connectivity index (χ1v) is 13.3. The number of rotatable bonds is 4. The minimum Gasteiger partial charge on any atom is -0.326 e. The average Bonchev–Trinajstić information content (AvgIpc) is 2.42. The van der Waals surface area contributed by atoms with Gasteiger partial charge in [0, 0.05) is 44.4 Å². The molecule has 14 heteroatoms. The van der Waals surface area contributed by atoms with Crippen molar-refractivity contribution in [3.63, 3.8) is 0 Å². The van der Waals surface area contributed by atoms with E-state index in [1.807, 2.05) is 0 Å². The summed E-state index contributed by atoms with van der Waals surface area (Å²) < 4.78 is 70.3. The lowest BCUT2D eigenvalue weighted by atomic mass is 10.1. The zero-order valence-electron chi connectivity index (χ0n) is 12.5. The van der Waals surface area contributed by atoms with Crippen LogP contribution in [-0.2, 0) is 31.9 Å². The molecule has 0 heterocycles. The van der Waals surface area contributed by atoms with Crippen molar-refractivity contribution in [3.8, 4) is 0 Å². The maximum Gasteiger partial charge on any atom is 0.262 e. The molecule has 0 aliphatic heterocycles. The van der Waals surface area contributed by atoms with E-state index in [2.05, 4.69) is 5.32 Å². The fourth-order valence-electron chi connectivity index (χ4n) is 2.18. The van der Waals surface area contributed by atoms with Crippen molar-refractivity contribution in [2.75, 3.05) is 5.32 Å². The molecule has 1 N–H and O–H groups in total. The molecule has 0 fully saturated rings. The summed E-state index contributed by atoms with van der Waals surface area (Å²) in [5.74, 6) is -0.651. The summed E-state index contributed by atoms with van der Waals surface area (Å²) in [6, 6.07) is 3.49. The van der Waals surface area contributed by atoms with Crippen molar-refractivity contribution in [1.29, 1.82) is 0 Å². The van der Waals surface area contributed by atoms with E-state index in [9.17, 15) is 30.0 Å². The van der Waals surface area contributed by atoms with Crippen LogP contribution in [-0.4, -0.2) is 31.2 Å². The van der Waals surface area contributed by atoms with Gasteiger partial charge in [0.2, 0.25) is 5.91 Å². The van der Waals surface area contributed by atoms with E-state index < -0.39 is 47.7 Å². The zero-order chi connectivity index (χ0) is 20.1. The van der Waals surface area contributed by atoms with E-state index in [1.54, 1.807) is 0 Å². The summed E-state index contributed by atoms with van der Waals surface area (Å²) in [7, 11) is 2.75. The molecular weight excluding hydrogens is 473 g/mol. The Bertz CT molecular complexity index is 1250. The van der Waals surface area contributed by atoms with Gasteiger partial charge in [-0.2, -0.15) is 0 Å². The van der Waals surface area contributed by atoms with Gasteiger partial charge in [-0.15, -0.1) is 0 Å². The average molecular weight is 481 g/mol. The molecule has 0 unspecified atom stereocenters. The van der Waals surface area contributed by atoms with Crippen LogP contribution in [0, 0.1) is 0 Å². The minimum absolute atomic E-state index is 0.184. The van der Waals surface area contributed by atoms with Crippen molar-refractivity contribution < 1.29 is 30.0 Å². The quantitative estimate of drug-likeness (QED) is 0.665. The van der Waals surface area contributed by atoms with Gasteiger partial charge in [-0.1, -0.05) is 0 Å². The smallest absolute Gasteiger partial charge is 0.262 e. The highest BCUT2D eigenvalue weighted by atomic mass is 35.7. The number of amides is 1. The molecule has 2 rings (SSSR count). The second-order valence-electron chi connectivity index (χ2n) is 4.99. The van der Waals surface area contributed by atoms with Gasteiger partial charge in [-0.3, -0.25) is 4.79 Å². The lowest BCUT2D eigenvalue weighted by Gasteiger charge is -2.13. The van der Waals surface area contributed by atoms with Gasteiger partial charge < -0.3 is 5.32 Å². The molecule has 0 bridgehead atoms. The largest absolute Gasteiger partial charge is 0.326 e. The number of hydrogen-bond acceptors (Lipinski definition) is 7. The Morgan fingerprint density at radius 1 is 0.808 bits per heavy atom. The van der Waals surface area contributed by atoms with Crippen LogP contribution in [0.2, 0.25) is 0 Å². The number of benzene rings is 2. The molecule has 0 spiro atoms. The predicted octanol–water partition coefficient (Wildman–Crippen LogP) is 2.58. The molecule has 0 aromatic heterocycles. The molecule has 0 aliphatic carbocycles. The Morgan fingerprint density at radius 3 is 1.65 bits per heavy atom. The SMILES string of the molecule is CC(=O)Nc1cc(S(=O)(=O)Cl)cc2cc(S(=O)(=O)Cl)cc(S(=O)(=O)Cl)c12. The Kier molecular flexibility index (Phi) is 5.55. The van der Waals surface area contributed by atoms with E-state index in [0.29, 0.717) is 6.07 Å². The molecule has 0 aliphatic rings. The first-order valence-electron chi connectivity index (χ1n) is 6.34. The molecule has 1 amide bonds. The highest BCUT2D eigenvalue weighted by molar-refractivity contribution is 8.14. The van der Waals surface area contributed by atoms with Crippen molar-refractivity contribution in [3.05, 3.63) is 24.3 Å². The molecular formula is C12H8Cl3NO7S3. The summed E-state index contributed by atoms with van der Waals surface area (Å²) in [6.07, 6.45) is 0. The first kappa shape index (κ1) is 21.2. The van der Waals surface area contributed by atoms with Crippen LogP contribution in [0.3, 0.4) is 0 Å². The van der Waals surface area contributed by atoms with Crippen LogP contribution in [0.15, 0.2) is 39.0 Å². The fraction of sp³-hybridized carbons (Fsp3) is 0.0833. The van der Waals surface area contributed by atoms with Crippen LogP contribution >= 0.6 is 32.0 Å². The van der Waals surface area contributed by atoms with E-state index in [4.69, 9.17) is 32.0 Å². The summed E-state index contributed by atoms with van der Waals surface area (Å²) in [6.45, 7) is 1.10. The third kappa shape index (κ3) is 4.59. The maximum absolute atomic E-state index is 11.9. The van der Waals surface area contributed by atoms with Crippen LogP contribution in [0.1, 0.15) is 6.92 Å². The summed E-state index contributed by atoms with van der Waals surface area (Å²) >= 11 is 0. The van der Waals surface area contributed by atoms with E-state index >= 15 is 0 Å². The molecule has 0 saturated heterocycles. The third-order valence-electron chi connectivity index (χ3n) is 3.10. The van der Waals surface area contributed by atoms with Gasteiger partial charge >= 0.3 is 0 Å². The first-order chi connectivity index (χ1) is 11.6. The Morgan fingerprint density at radius 2 is 1.27 bits per heavy atom. The minimum atomic E-state index is -4.50. The van der Waals surface area contributed by atoms with Gasteiger partial charge in [-0.05, 0) is 29.7 Å². The number of halogens is 3. The standard InChI is InChI=1S/C12H8Cl3NO7S3/c1-6(17)16-10-4-8(24(13,18)19)2-7-3-9(25(14,20)21)5-11(12(7)10)26(15,22)23/h2-5H,1H3,(H,16,17). The predicted molar refractivity (Wildman–Crippen MR) is 97.4 cm³/mol. The zero-order valence-corrected chi connectivity index (χ0v) is 17.2. The molecule has 0 saturated carbocycles. The van der Waals surface area contributed by atoms with Crippen LogP contribution in [0.25, 0.3) is 10.8 Å². The number of nitrogens with one attached hydrogen (secondary N) is 1. The highest BCUT2D eigenvalue weighted by Crippen LogP contribution is 2.37. The number of fused-ring (bicyclic) bond motifs is 1. The van der Waals surface area contributed by atoms with Gasteiger partial charge in [-0.25, -0.2) is 25.3 Å². The molecule has 8 nitrogen and oxygen atoms in total. The van der Waals surface area contributed by atoms with Gasteiger partial charge in [0.25, 0.3) is 27.2 Å². The molecule has 2 aromatic rings. The molecule has 0 atom stereocenters. The van der Waals surface area contributed by atoms with E-state index in [1.165, 1.54) is 0 Å². The Hall–Kier alpha value is -1.11. The van der Waals surface area contributed by atoms with Gasteiger partial charge in [0.1, 0.15) is 0 Å². The Labute approximate surface area is 162 Å². The summed E-state index contributed by atoms with van der Waals surface area (Å²) in [5, 5.41) is 1.87. The van der Waals surface area contributed by atoms with Crippen LogP contribution in [0.4, 0.5) is 5.69 Å². The van der Waals surface area contributed by atoms with Crippen molar-refractivity contribution >= 4 is 81.6 Å². The van der Waals surface area contributed by atoms with Crippen LogP contribution < -0.4 is 5.32 Å². The van der Waals surface area contributed by atoms with Crippen molar-refractivity contribution in [1.82, 2.24) is 0 Å². The molecule has 0 radical (unpaired) electrons. The van der Waals surface area contributed by atoms with Crippen molar-refractivity contribution in [2.24, 2.45) is 0 Å². The second kappa shape index (κ2) is 6.80. The number of carbonyl (C=O) groups is 1. The van der Waals surface area contributed by atoms with Crippen molar-refractivity contribution in [2.45, 2.75) is 21.6 Å². The second-order valence-corrected chi connectivity index (χ2v) is 12.7. The number of anilines is 1. The fourth-order valence-corrected chi connectivity index (χ4v) is 4.95. The van der Waals surface area contributed by atoms with E-state index in [-0.39, 0.29) is 16.5 Å². The number of hydrogen-bond donors (Lipinski definition) is 1. The lowest BCUT2D eigenvalue weighted by Crippen LogP contribution is -2.09. The maximum atomic E-state index is 11.9. The summed E-state index contributed by atoms with van der Waals surface area (Å²) in [5.41, 5.74) is -0.244. The molecule has 142 valence electrons. The monoisotopic (exact) mass is 479 g/mol. The third-order valence-corrected chi connectivity index (χ3v) is 7.11. The number of carbonyl (C=O) groups excluding carboxylic acids is 1. The topological polar surface area (TPSA) is 132 Å². The Balaban J connectivity index is 3.16. The molecule has 26 heavy (non-hydrogen) atoms. The molecule has 2 aromatic carbocycles.